The maximum Gasteiger partial charge on any atom is 0.417 e. The number of hydrogen-bond acceptors (Lipinski definition) is 3. The standard InChI is InChI=1S/C12H15F3N2O2S/c1-11(6-7-16-8-11)17-20(18,19)10-5-3-2-4-9(10)12(13,14)15/h2-5,16-17H,6-8H2,1H3. The van der Waals surface area contributed by atoms with Crippen LogP contribution in [-0.4, -0.2) is 27.0 Å². The molecule has 4 nitrogen and oxygen atoms in total. The van der Waals surface area contributed by atoms with E-state index in [1.54, 1.807) is 6.92 Å². The molecular formula is C12H15F3N2O2S. The fraction of sp³-hybridized carbons (Fsp3) is 0.500. The Kier molecular flexibility index (Phi) is 3.83. The first kappa shape index (κ1) is 15.3. The molecule has 0 saturated carbocycles. The lowest BCUT2D eigenvalue weighted by molar-refractivity contribution is -0.139. The summed E-state index contributed by atoms with van der Waals surface area (Å²) in [7, 11) is -4.23. The van der Waals surface area contributed by atoms with Crippen LogP contribution in [0.25, 0.3) is 0 Å². The van der Waals surface area contributed by atoms with E-state index in [0.717, 1.165) is 12.1 Å². The zero-order valence-electron chi connectivity index (χ0n) is 10.8. The Morgan fingerprint density at radius 3 is 2.50 bits per heavy atom. The molecule has 1 aliphatic heterocycles. The summed E-state index contributed by atoms with van der Waals surface area (Å²) < 4.78 is 65.5. The van der Waals surface area contributed by atoms with Crippen molar-refractivity contribution in [1.82, 2.24) is 10.0 Å². The van der Waals surface area contributed by atoms with Crippen molar-refractivity contribution >= 4 is 10.0 Å². The predicted molar refractivity (Wildman–Crippen MR) is 67.7 cm³/mol. The van der Waals surface area contributed by atoms with E-state index < -0.39 is 32.2 Å². The Labute approximate surface area is 115 Å². The number of benzene rings is 1. The van der Waals surface area contributed by atoms with Gasteiger partial charge < -0.3 is 5.32 Å². The summed E-state index contributed by atoms with van der Waals surface area (Å²) in [5, 5.41) is 2.98. The Bertz CT molecular complexity index is 593. The van der Waals surface area contributed by atoms with Crippen molar-refractivity contribution in [2.45, 2.75) is 30.0 Å². The van der Waals surface area contributed by atoms with Gasteiger partial charge in [0.15, 0.2) is 0 Å². The number of nitrogens with one attached hydrogen (secondary N) is 2. The van der Waals surface area contributed by atoms with Crippen LogP contribution in [0.4, 0.5) is 13.2 Å². The van der Waals surface area contributed by atoms with Gasteiger partial charge in [-0.2, -0.15) is 13.2 Å². The Morgan fingerprint density at radius 2 is 1.95 bits per heavy atom. The van der Waals surface area contributed by atoms with Crippen molar-refractivity contribution in [3.05, 3.63) is 29.8 Å². The molecule has 0 aliphatic carbocycles. The molecule has 2 N–H and O–H groups in total. The average molecular weight is 308 g/mol. The highest BCUT2D eigenvalue weighted by molar-refractivity contribution is 7.89. The fourth-order valence-electron chi connectivity index (χ4n) is 2.22. The molecule has 1 unspecified atom stereocenters. The van der Waals surface area contributed by atoms with Crippen LogP contribution < -0.4 is 10.0 Å². The Morgan fingerprint density at radius 1 is 1.30 bits per heavy atom. The summed E-state index contributed by atoms with van der Waals surface area (Å²) in [4.78, 5) is -0.736. The van der Waals surface area contributed by atoms with E-state index in [1.165, 1.54) is 12.1 Å². The van der Waals surface area contributed by atoms with Crippen molar-refractivity contribution in [3.8, 4) is 0 Å². The topological polar surface area (TPSA) is 58.2 Å². The molecule has 1 atom stereocenters. The first-order chi connectivity index (χ1) is 9.14. The second-order valence-electron chi connectivity index (χ2n) is 5.09. The van der Waals surface area contributed by atoms with Gasteiger partial charge in [-0.15, -0.1) is 0 Å². The summed E-state index contributed by atoms with van der Waals surface area (Å²) >= 11 is 0. The number of rotatable bonds is 3. The van der Waals surface area contributed by atoms with Gasteiger partial charge in [-0.05, 0) is 32.0 Å². The van der Waals surface area contributed by atoms with Crippen LogP contribution in [0.5, 0.6) is 0 Å². The molecule has 1 saturated heterocycles. The van der Waals surface area contributed by atoms with Gasteiger partial charge in [-0.25, -0.2) is 13.1 Å². The van der Waals surface area contributed by atoms with Crippen molar-refractivity contribution in [2.75, 3.05) is 13.1 Å². The molecule has 0 radical (unpaired) electrons. The summed E-state index contributed by atoms with van der Waals surface area (Å²) in [5.74, 6) is 0. The number of hydrogen-bond donors (Lipinski definition) is 2. The maximum atomic E-state index is 12.9. The largest absolute Gasteiger partial charge is 0.417 e. The SMILES string of the molecule is CC1(NS(=O)(=O)c2ccccc2C(F)(F)F)CCNC1. The summed E-state index contributed by atoms with van der Waals surface area (Å²) in [6.45, 7) is 2.68. The third kappa shape index (κ3) is 3.13. The first-order valence-corrected chi connectivity index (χ1v) is 7.53. The van der Waals surface area contributed by atoms with Crippen molar-refractivity contribution in [1.29, 1.82) is 0 Å². The van der Waals surface area contributed by atoms with Gasteiger partial charge in [0.25, 0.3) is 0 Å². The van der Waals surface area contributed by atoms with E-state index in [1.807, 2.05) is 0 Å². The highest BCUT2D eigenvalue weighted by Crippen LogP contribution is 2.34. The van der Waals surface area contributed by atoms with Crippen LogP contribution in [-0.2, 0) is 16.2 Å². The van der Waals surface area contributed by atoms with Gasteiger partial charge in [0.2, 0.25) is 10.0 Å². The number of sulfonamides is 1. The maximum absolute atomic E-state index is 12.9. The molecule has 2 rings (SSSR count). The lowest BCUT2D eigenvalue weighted by atomic mass is 10.0. The van der Waals surface area contributed by atoms with E-state index in [-0.39, 0.29) is 0 Å². The van der Waals surface area contributed by atoms with E-state index in [0.29, 0.717) is 19.5 Å². The second kappa shape index (κ2) is 5.01. The molecule has 1 aromatic rings. The monoisotopic (exact) mass is 308 g/mol. The lowest BCUT2D eigenvalue weighted by Gasteiger charge is -2.25. The van der Waals surface area contributed by atoms with Crippen LogP contribution in [0.15, 0.2) is 29.2 Å². The van der Waals surface area contributed by atoms with Gasteiger partial charge in [0.1, 0.15) is 0 Å². The molecular weight excluding hydrogens is 293 g/mol. The van der Waals surface area contributed by atoms with E-state index in [4.69, 9.17) is 0 Å². The summed E-state index contributed by atoms with van der Waals surface area (Å²) in [5.41, 5.74) is -1.92. The van der Waals surface area contributed by atoms with E-state index in [2.05, 4.69) is 10.0 Å². The minimum atomic E-state index is -4.71. The smallest absolute Gasteiger partial charge is 0.315 e. The van der Waals surface area contributed by atoms with Crippen LogP contribution >= 0.6 is 0 Å². The van der Waals surface area contributed by atoms with E-state index >= 15 is 0 Å². The molecule has 0 spiro atoms. The number of alkyl halides is 3. The quantitative estimate of drug-likeness (QED) is 0.894. The normalized spacial score (nSPS) is 24.0. The predicted octanol–water partition coefficient (Wildman–Crippen LogP) is 1.74. The fourth-order valence-corrected chi connectivity index (χ4v) is 3.88. The van der Waals surface area contributed by atoms with E-state index in [9.17, 15) is 21.6 Å². The zero-order valence-corrected chi connectivity index (χ0v) is 11.6. The second-order valence-corrected chi connectivity index (χ2v) is 6.74. The Hall–Kier alpha value is -1.12. The van der Waals surface area contributed by atoms with Crippen LogP contribution in [0.3, 0.4) is 0 Å². The van der Waals surface area contributed by atoms with Crippen LogP contribution in [0.1, 0.15) is 18.9 Å². The van der Waals surface area contributed by atoms with Gasteiger partial charge in [-0.3, -0.25) is 0 Å². The van der Waals surface area contributed by atoms with Crippen LogP contribution in [0, 0.1) is 0 Å². The minimum absolute atomic E-state index is 0.389. The highest BCUT2D eigenvalue weighted by atomic mass is 32.2. The van der Waals surface area contributed by atoms with Gasteiger partial charge in [0, 0.05) is 12.1 Å². The molecule has 1 aliphatic rings. The van der Waals surface area contributed by atoms with Gasteiger partial charge in [0.05, 0.1) is 10.5 Å². The summed E-state index contributed by atoms with van der Waals surface area (Å²) in [6, 6.07) is 4.18. The highest BCUT2D eigenvalue weighted by Gasteiger charge is 2.39. The average Bonchev–Trinajstić information content (AvgIpc) is 2.73. The van der Waals surface area contributed by atoms with Crippen LogP contribution in [0.2, 0.25) is 0 Å². The molecule has 1 heterocycles. The van der Waals surface area contributed by atoms with Crippen molar-refractivity contribution in [2.24, 2.45) is 0 Å². The lowest BCUT2D eigenvalue weighted by Crippen LogP contribution is -2.47. The minimum Gasteiger partial charge on any atom is -0.315 e. The number of halogens is 3. The molecule has 0 bridgehead atoms. The summed E-state index contributed by atoms with van der Waals surface area (Å²) in [6.07, 6.45) is -4.18. The van der Waals surface area contributed by atoms with Gasteiger partial charge >= 0.3 is 6.18 Å². The van der Waals surface area contributed by atoms with Crippen molar-refractivity contribution < 1.29 is 21.6 Å². The molecule has 0 amide bonds. The molecule has 20 heavy (non-hydrogen) atoms. The molecule has 112 valence electrons. The molecule has 8 heteroatoms. The third-order valence-electron chi connectivity index (χ3n) is 3.23. The first-order valence-electron chi connectivity index (χ1n) is 6.05. The van der Waals surface area contributed by atoms with Gasteiger partial charge in [-0.1, -0.05) is 12.1 Å². The third-order valence-corrected chi connectivity index (χ3v) is 4.93. The molecule has 0 aromatic heterocycles. The zero-order chi connectivity index (χ0) is 15.0. The van der Waals surface area contributed by atoms with Crippen molar-refractivity contribution in [3.63, 3.8) is 0 Å². The Balaban J connectivity index is 2.40. The molecule has 1 aromatic carbocycles. The molecule has 1 fully saturated rings.